The van der Waals surface area contributed by atoms with Crippen LogP contribution in [-0.2, 0) is 6.54 Å². The van der Waals surface area contributed by atoms with E-state index in [1.807, 2.05) is 37.4 Å². The van der Waals surface area contributed by atoms with Crippen molar-refractivity contribution in [3.8, 4) is 11.8 Å². The van der Waals surface area contributed by atoms with Crippen molar-refractivity contribution < 1.29 is 5.11 Å². The van der Waals surface area contributed by atoms with Crippen LogP contribution in [0.5, 0.6) is 5.75 Å². The average Bonchev–Trinajstić information content (AvgIpc) is 2.83. The number of thiophene rings is 1. The molecule has 0 aliphatic rings. The van der Waals surface area contributed by atoms with Crippen LogP contribution in [0.4, 0.5) is 5.69 Å². The average molecular weight is 258 g/mol. The molecule has 4 heteroatoms. The molecule has 0 atom stereocenters. The predicted octanol–water partition coefficient (Wildman–Crippen LogP) is 3.55. The van der Waals surface area contributed by atoms with E-state index in [9.17, 15) is 5.11 Å². The number of nitriles is 1. The van der Waals surface area contributed by atoms with Crippen LogP contribution in [0, 0.1) is 25.2 Å². The molecule has 0 aliphatic carbocycles. The van der Waals surface area contributed by atoms with Crippen LogP contribution in [0.2, 0.25) is 0 Å². The lowest BCUT2D eigenvalue weighted by molar-refractivity contribution is 0.467. The number of rotatable bonds is 3. The zero-order valence-electron chi connectivity index (χ0n) is 10.3. The number of anilines is 1. The van der Waals surface area contributed by atoms with E-state index < -0.39 is 0 Å². The second-order valence-electron chi connectivity index (χ2n) is 4.17. The largest absolute Gasteiger partial charge is 0.507 e. The summed E-state index contributed by atoms with van der Waals surface area (Å²) >= 11 is 1.56. The number of benzene rings is 1. The van der Waals surface area contributed by atoms with Crippen LogP contribution in [0.25, 0.3) is 0 Å². The van der Waals surface area contributed by atoms with Crippen molar-refractivity contribution >= 4 is 17.0 Å². The minimum Gasteiger partial charge on any atom is -0.507 e. The SMILES string of the molecule is Cc1ccc(NCc2cc(C#N)cs2)c(C)c1O. The summed E-state index contributed by atoms with van der Waals surface area (Å²) in [7, 11) is 0. The summed E-state index contributed by atoms with van der Waals surface area (Å²) < 4.78 is 0. The lowest BCUT2D eigenvalue weighted by atomic mass is 10.1. The van der Waals surface area contributed by atoms with Crippen LogP contribution in [0.3, 0.4) is 0 Å². The van der Waals surface area contributed by atoms with E-state index in [1.165, 1.54) is 0 Å². The Balaban J connectivity index is 2.11. The molecule has 0 aliphatic heterocycles. The fourth-order valence-electron chi connectivity index (χ4n) is 1.74. The molecular weight excluding hydrogens is 244 g/mol. The lowest BCUT2D eigenvalue weighted by Crippen LogP contribution is -1.99. The Morgan fingerprint density at radius 1 is 1.39 bits per heavy atom. The van der Waals surface area contributed by atoms with Crippen LogP contribution < -0.4 is 5.32 Å². The molecule has 0 bridgehead atoms. The van der Waals surface area contributed by atoms with E-state index in [4.69, 9.17) is 5.26 Å². The predicted molar refractivity (Wildman–Crippen MR) is 73.9 cm³/mol. The second kappa shape index (κ2) is 5.11. The van der Waals surface area contributed by atoms with Gasteiger partial charge in [0.05, 0.1) is 5.56 Å². The zero-order valence-corrected chi connectivity index (χ0v) is 11.1. The topological polar surface area (TPSA) is 56.0 Å². The summed E-state index contributed by atoms with van der Waals surface area (Å²) in [5.74, 6) is 0.337. The number of nitrogens with one attached hydrogen (secondary N) is 1. The van der Waals surface area contributed by atoms with Gasteiger partial charge in [-0.25, -0.2) is 0 Å². The minimum absolute atomic E-state index is 0.337. The molecule has 1 heterocycles. The van der Waals surface area contributed by atoms with Crippen LogP contribution in [0.15, 0.2) is 23.6 Å². The molecule has 0 unspecified atom stereocenters. The highest BCUT2D eigenvalue weighted by Gasteiger charge is 2.06. The van der Waals surface area contributed by atoms with Gasteiger partial charge in [0.1, 0.15) is 11.8 Å². The van der Waals surface area contributed by atoms with E-state index in [0.717, 1.165) is 21.7 Å². The van der Waals surface area contributed by atoms with E-state index in [1.54, 1.807) is 11.3 Å². The number of nitrogens with zero attached hydrogens (tertiary/aromatic N) is 1. The maximum Gasteiger partial charge on any atom is 0.123 e. The molecule has 0 fully saturated rings. The van der Waals surface area contributed by atoms with Gasteiger partial charge in [0.2, 0.25) is 0 Å². The van der Waals surface area contributed by atoms with Gasteiger partial charge >= 0.3 is 0 Å². The lowest BCUT2D eigenvalue weighted by Gasteiger charge is -2.11. The summed E-state index contributed by atoms with van der Waals surface area (Å²) in [4.78, 5) is 1.10. The van der Waals surface area contributed by atoms with Crippen molar-refractivity contribution in [3.05, 3.63) is 45.1 Å². The van der Waals surface area contributed by atoms with Crippen molar-refractivity contribution in [2.24, 2.45) is 0 Å². The van der Waals surface area contributed by atoms with Gasteiger partial charge in [0.15, 0.2) is 0 Å². The normalized spacial score (nSPS) is 10.1. The molecular formula is C14H14N2OS. The quantitative estimate of drug-likeness (QED) is 0.885. The van der Waals surface area contributed by atoms with Gasteiger partial charge in [-0.1, -0.05) is 6.07 Å². The van der Waals surface area contributed by atoms with Gasteiger partial charge in [-0.05, 0) is 31.5 Å². The second-order valence-corrected chi connectivity index (χ2v) is 5.17. The highest BCUT2D eigenvalue weighted by atomic mass is 32.1. The minimum atomic E-state index is 0.337. The van der Waals surface area contributed by atoms with Crippen molar-refractivity contribution in [2.45, 2.75) is 20.4 Å². The van der Waals surface area contributed by atoms with Crippen molar-refractivity contribution in [2.75, 3.05) is 5.32 Å². The summed E-state index contributed by atoms with van der Waals surface area (Å²) in [5, 5.41) is 23.7. The summed E-state index contributed by atoms with van der Waals surface area (Å²) in [6.45, 7) is 4.43. The smallest absolute Gasteiger partial charge is 0.123 e. The first-order valence-electron chi connectivity index (χ1n) is 5.62. The Kier molecular flexibility index (Phi) is 3.54. The molecule has 2 aromatic rings. The molecule has 0 saturated carbocycles. The van der Waals surface area contributed by atoms with Crippen molar-refractivity contribution in [1.29, 1.82) is 5.26 Å². The molecule has 2 N–H and O–H groups in total. The Morgan fingerprint density at radius 2 is 2.17 bits per heavy atom. The maximum absolute atomic E-state index is 9.85. The number of phenols is 1. The van der Waals surface area contributed by atoms with Gasteiger partial charge in [-0.2, -0.15) is 5.26 Å². The molecule has 18 heavy (non-hydrogen) atoms. The number of aryl methyl sites for hydroxylation is 1. The number of aromatic hydroxyl groups is 1. The summed E-state index contributed by atoms with van der Waals surface area (Å²) in [6, 6.07) is 7.84. The standard InChI is InChI=1S/C14H14N2OS/c1-9-3-4-13(10(2)14(9)17)16-7-12-5-11(6-15)8-18-12/h3-5,8,16-17H,7H2,1-2H3. The molecule has 0 saturated heterocycles. The number of hydrogen-bond donors (Lipinski definition) is 2. The van der Waals surface area contributed by atoms with E-state index in [-0.39, 0.29) is 0 Å². The number of hydrogen-bond acceptors (Lipinski definition) is 4. The van der Waals surface area contributed by atoms with Gasteiger partial charge in [-0.15, -0.1) is 11.3 Å². The van der Waals surface area contributed by atoms with Gasteiger partial charge in [0, 0.05) is 28.1 Å². The Bertz CT molecular complexity index is 611. The molecule has 92 valence electrons. The van der Waals surface area contributed by atoms with Crippen molar-refractivity contribution in [1.82, 2.24) is 0 Å². The summed E-state index contributed by atoms with van der Waals surface area (Å²) in [5.41, 5.74) is 3.35. The molecule has 1 aromatic carbocycles. The first-order valence-corrected chi connectivity index (χ1v) is 6.50. The fourth-order valence-corrected chi connectivity index (χ4v) is 2.49. The van der Waals surface area contributed by atoms with E-state index in [0.29, 0.717) is 17.9 Å². The maximum atomic E-state index is 9.85. The first kappa shape index (κ1) is 12.5. The highest BCUT2D eigenvalue weighted by Crippen LogP contribution is 2.28. The van der Waals surface area contributed by atoms with Crippen LogP contribution >= 0.6 is 11.3 Å². The zero-order chi connectivity index (χ0) is 13.1. The van der Waals surface area contributed by atoms with E-state index >= 15 is 0 Å². The molecule has 1 aromatic heterocycles. The van der Waals surface area contributed by atoms with Crippen LogP contribution in [-0.4, -0.2) is 5.11 Å². The third-order valence-electron chi connectivity index (χ3n) is 2.87. The monoisotopic (exact) mass is 258 g/mol. The molecule has 0 amide bonds. The highest BCUT2D eigenvalue weighted by molar-refractivity contribution is 7.10. The van der Waals surface area contributed by atoms with Crippen LogP contribution in [0.1, 0.15) is 21.6 Å². The van der Waals surface area contributed by atoms with Crippen molar-refractivity contribution in [3.63, 3.8) is 0 Å². The van der Waals surface area contributed by atoms with Gasteiger partial charge in [-0.3, -0.25) is 0 Å². The third kappa shape index (κ3) is 2.47. The Labute approximate surface area is 110 Å². The Morgan fingerprint density at radius 3 is 2.83 bits per heavy atom. The van der Waals surface area contributed by atoms with Gasteiger partial charge < -0.3 is 10.4 Å². The molecule has 0 spiro atoms. The molecule has 0 radical (unpaired) electrons. The summed E-state index contributed by atoms with van der Waals surface area (Å²) in [6.07, 6.45) is 0. The first-order chi connectivity index (χ1) is 8.61. The molecule has 2 rings (SSSR count). The fraction of sp³-hybridized carbons (Fsp3) is 0.214. The third-order valence-corrected chi connectivity index (χ3v) is 3.81. The molecule has 3 nitrogen and oxygen atoms in total. The van der Waals surface area contributed by atoms with Gasteiger partial charge in [0.25, 0.3) is 0 Å². The van der Waals surface area contributed by atoms with E-state index in [2.05, 4.69) is 11.4 Å². The Hall–Kier alpha value is -1.99. The number of phenolic OH excluding ortho intramolecular Hbond substituents is 1.